The number of thiophene rings is 1. The van der Waals surface area contributed by atoms with Gasteiger partial charge >= 0.3 is 0 Å². The zero-order chi connectivity index (χ0) is 22.3. The van der Waals surface area contributed by atoms with Crippen molar-refractivity contribution in [3.05, 3.63) is 56.5 Å². The summed E-state index contributed by atoms with van der Waals surface area (Å²) >= 11 is 3.24. The summed E-state index contributed by atoms with van der Waals surface area (Å²) in [5.74, 6) is 0.0930. The molecule has 9 heteroatoms. The Kier molecular flexibility index (Phi) is 5.69. The van der Waals surface area contributed by atoms with E-state index in [1.807, 2.05) is 10.3 Å². The van der Waals surface area contributed by atoms with E-state index in [4.69, 9.17) is 4.74 Å². The van der Waals surface area contributed by atoms with E-state index in [0.29, 0.717) is 13.1 Å². The van der Waals surface area contributed by atoms with Gasteiger partial charge in [-0.1, -0.05) is 12.1 Å². The van der Waals surface area contributed by atoms with Gasteiger partial charge in [0.2, 0.25) is 5.91 Å². The highest BCUT2D eigenvalue weighted by atomic mass is 32.2. The highest BCUT2D eigenvalue weighted by molar-refractivity contribution is 7.90. The van der Waals surface area contributed by atoms with Crippen LogP contribution in [0.2, 0.25) is 0 Å². The third-order valence-electron chi connectivity index (χ3n) is 6.27. The number of amides is 1. The van der Waals surface area contributed by atoms with Gasteiger partial charge < -0.3 is 9.64 Å². The minimum atomic E-state index is -3.22. The van der Waals surface area contributed by atoms with E-state index in [0.717, 1.165) is 42.1 Å². The van der Waals surface area contributed by atoms with Gasteiger partial charge in [-0.15, -0.1) is 22.7 Å². The molecule has 0 atom stereocenters. The molecule has 0 bridgehead atoms. The van der Waals surface area contributed by atoms with Gasteiger partial charge in [-0.2, -0.15) is 0 Å². The number of hydrogen-bond acceptors (Lipinski definition) is 7. The van der Waals surface area contributed by atoms with Crippen LogP contribution in [-0.4, -0.2) is 50.2 Å². The van der Waals surface area contributed by atoms with E-state index in [9.17, 15) is 13.2 Å². The van der Waals surface area contributed by atoms with E-state index >= 15 is 0 Å². The number of fused-ring (bicyclic) bond motifs is 2. The smallest absolute Gasteiger partial charge is 0.229 e. The topological polar surface area (TPSA) is 76.6 Å². The van der Waals surface area contributed by atoms with Crippen molar-refractivity contribution in [1.29, 1.82) is 0 Å². The van der Waals surface area contributed by atoms with Crippen LogP contribution >= 0.6 is 22.7 Å². The van der Waals surface area contributed by atoms with E-state index in [2.05, 4.69) is 16.4 Å². The van der Waals surface area contributed by atoms with E-state index in [1.54, 1.807) is 35.6 Å². The molecule has 2 aromatic heterocycles. The molecular weight excluding hydrogens is 464 g/mol. The molecule has 2 aliphatic rings. The molecule has 6 nitrogen and oxygen atoms in total. The summed E-state index contributed by atoms with van der Waals surface area (Å²) in [6, 6.07) is 8.89. The number of thiazole rings is 1. The molecule has 1 aromatic carbocycles. The van der Waals surface area contributed by atoms with Crippen LogP contribution in [-0.2, 0) is 37.8 Å². The fourth-order valence-electron chi connectivity index (χ4n) is 4.48. The standard InChI is InChI=1S/C23H24N2O4S3/c1-32(27,28)18-4-2-16(3-5-18)19-15-31-20(24-19)14-21(26)25-10-8-23(9-11-25)22-17(6-12-29-23)7-13-30-22/h2-5,7,13,15H,6,8-12,14H2,1H3. The number of carbonyl (C=O) groups excluding carboxylic acids is 1. The third kappa shape index (κ3) is 4.14. The van der Waals surface area contributed by atoms with Crippen molar-refractivity contribution in [2.75, 3.05) is 26.0 Å². The summed E-state index contributed by atoms with van der Waals surface area (Å²) in [5, 5.41) is 4.83. The van der Waals surface area contributed by atoms with Crippen molar-refractivity contribution in [2.45, 2.75) is 36.2 Å². The molecule has 0 unspecified atom stereocenters. The Morgan fingerprint density at radius 2 is 1.91 bits per heavy atom. The molecule has 168 valence electrons. The van der Waals surface area contributed by atoms with Crippen LogP contribution in [0.1, 0.15) is 28.3 Å². The van der Waals surface area contributed by atoms with Gasteiger partial charge in [0.25, 0.3) is 0 Å². The lowest BCUT2D eigenvalue weighted by molar-refractivity contribution is -0.139. The second kappa shape index (κ2) is 8.37. The molecule has 0 saturated carbocycles. The molecule has 4 heterocycles. The first kappa shape index (κ1) is 21.8. The van der Waals surface area contributed by atoms with Gasteiger partial charge in [-0.05, 0) is 48.4 Å². The number of ether oxygens (including phenoxy) is 1. The maximum Gasteiger partial charge on any atom is 0.229 e. The minimum absolute atomic E-state index is 0.0930. The van der Waals surface area contributed by atoms with E-state index in [-0.39, 0.29) is 22.8 Å². The quantitative estimate of drug-likeness (QED) is 0.557. The predicted octanol–water partition coefficient (Wildman–Crippen LogP) is 3.91. The highest BCUT2D eigenvalue weighted by Gasteiger charge is 2.42. The largest absolute Gasteiger partial charge is 0.369 e. The first-order valence-electron chi connectivity index (χ1n) is 10.6. The molecule has 1 fully saturated rings. The number of likely N-dealkylation sites (tertiary alicyclic amines) is 1. The van der Waals surface area contributed by atoms with Gasteiger partial charge in [0, 0.05) is 35.2 Å². The normalized spacial score (nSPS) is 18.0. The molecule has 1 saturated heterocycles. The summed E-state index contributed by atoms with van der Waals surface area (Å²) < 4.78 is 29.5. The SMILES string of the molecule is CS(=O)(=O)c1ccc(-c2csc(CC(=O)N3CCC4(CC3)OCCc3ccsc34)n2)cc1. The number of benzene rings is 1. The Hall–Kier alpha value is -2.07. The molecule has 32 heavy (non-hydrogen) atoms. The van der Waals surface area contributed by atoms with Crippen LogP contribution in [0.4, 0.5) is 0 Å². The van der Waals surface area contributed by atoms with Crippen LogP contribution in [0, 0.1) is 0 Å². The minimum Gasteiger partial charge on any atom is -0.369 e. The Morgan fingerprint density at radius 1 is 1.16 bits per heavy atom. The molecule has 5 rings (SSSR count). The molecule has 3 aromatic rings. The van der Waals surface area contributed by atoms with Crippen LogP contribution in [0.5, 0.6) is 0 Å². The average Bonchev–Trinajstić information content (AvgIpc) is 3.44. The Labute approximate surface area is 195 Å². The monoisotopic (exact) mass is 488 g/mol. The van der Waals surface area contributed by atoms with Crippen LogP contribution < -0.4 is 0 Å². The first-order chi connectivity index (χ1) is 15.3. The molecule has 1 amide bonds. The summed E-state index contributed by atoms with van der Waals surface area (Å²) in [5.41, 5.74) is 2.79. The van der Waals surface area contributed by atoms with Gasteiger partial charge in [0.1, 0.15) is 10.6 Å². The molecule has 1 spiro atoms. The zero-order valence-electron chi connectivity index (χ0n) is 17.7. The average molecular weight is 489 g/mol. The lowest BCUT2D eigenvalue weighted by Crippen LogP contribution is -2.48. The maximum absolute atomic E-state index is 12.9. The molecule has 2 aliphatic heterocycles. The van der Waals surface area contributed by atoms with Gasteiger partial charge in [-0.3, -0.25) is 4.79 Å². The van der Waals surface area contributed by atoms with Crippen LogP contribution in [0.25, 0.3) is 11.3 Å². The summed E-state index contributed by atoms with van der Waals surface area (Å²) in [6.07, 6.45) is 4.12. The number of sulfone groups is 1. The van der Waals surface area contributed by atoms with Crippen molar-refractivity contribution in [1.82, 2.24) is 9.88 Å². The summed E-state index contributed by atoms with van der Waals surface area (Å²) in [6.45, 7) is 2.15. The Balaban J connectivity index is 1.22. The number of carbonyl (C=O) groups is 1. The second-order valence-electron chi connectivity index (χ2n) is 8.35. The van der Waals surface area contributed by atoms with Crippen molar-refractivity contribution >= 4 is 38.4 Å². The molecule has 0 aliphatic carbocycles. The maximum atomic E-state index is 12.9. The summed E-state index contributed by atoms with van der Waals surface area (Å²) in [7, 11) is -3.22. The van der Waals surface area contributed by atoms with Gasteiger partial charge in [-0.25, -0.2) is 13.4 Å². The number of nitrogens with zero attached hydrogens (tertiary/aromatic N) is 2. The number of aromatic nitrogens is 1. The fraction of sp³-hybridized carbons (Fsp3) is 0.391. The Bertz CT molecular complexity index is 1240. The summed E-state index contributed by atoms with van der Waals surface area (Å²) in [4.78, 5) is 21.1. The first-order valence-corrected chi connectivity index (χ1v) is 14.2. The lowest BCUT2D eigenvalue weighted by atomic mass is 9.85. The van der Waals surface area contributed by atoms with Crippen molar-refractivity contribution in [3.8, 4) is 11.3 Å². The van der Waals surface area contributed by atoms with Crippen molar-refractivity contribution < 1.29 is 17.9 Å². The van der Waals surface area contributed by atoms with Crippen molar-refractivity contribution in [3.63, 3.8) is 0 Å². The van der Waals surface area contributed by atoms with E-state index < -0.39 is 9.84 Å². The van der Waals surface area contributed by atoms with E-state index in [1.165, 1.54) is 28.0 Å². The zero-order valence-corrected chi connectivity index (χ0v) is 20.2. The molecule has 0 radical (unpaired) electrons. The number of piperidine rings is 1. The molecule has 0 N–H and O–H groups in total. The Morgan fingerprint density at radius 3 is 2.62 bits per heavy atom. The number of hydrogen-bond donors (Lipinski definition) is 0. The second-order valence-corrected chi connectivity index (χ2v) is 12.2. The van der Waals surface area contributed by atoms with Crippen molar-refractivity contribution in [2.24, 2.45) is 0 Å². The number of rotatable bonds is 4. The van der Waals surface area contributed by atoms with Gasteiger partial charge in [0.15, 0.2) is 9.84 Å². The third-order valence-corrected chi connectivity index (χ3v) is 9.39. The lowest BCUT2D eigenvalue weighted by Gasteiger charge is -2.43. The van der Waals surface area contributed by atoms with Crippen LogP contribution in [0.3, 0.4) is 0 Å². The fourth-order valence-corrected chi connectivity index (χ4v) is 7.07. The molecular formula is C23H24N2O4S3. The highest BCUT2D eigenvalue weighted by Crippen LogP contribution is 2.44. The van der Waals surface area contributed by atoms with Gasteiger partial charge in [0.05, 0.1) is 23.6 Å². The predicted molar refractivity (Wildman–Crippen MR) is 126 cm³/mol. The van der Waals surface area contributed by atoms with Crippen LogP contribution in [0.15, 0.2) is 46.0 Å².